The smallest absolute Gasteiger partial charge is 0.225 e. The highest BCUT2D eigenvalue weighted by atomic mass is 32.2. The van der Waals surface area contributed by atoms with E-state index in [4.69, 9.17) is 0 Å². The summed E-state index contributed by atoms with van der Waals surface area (Å²) in [4.78, 5) is 21.8. The van der Waals surface area contributed by atoms with Crippen LogP contribution in [0.1, 0.15) is 25.5 Å². The van der Waals surface area contributed by atoms with Crippen molar-refractivity contribution in [3.05, 3.63) is 36.3 Å². The maximum absolute atomic E-state index is 12.9. The van der Waals surface area contributed by atoms with Crippen LogP contribution in [0.25, 0.3) is 5.65 Å². The fourth-order valence-corrected chi connectivity index (χ4v) is 5.37. The summed E-state index contributed by atoms with van der Waals surface area (Å²) in [7, 11) is -3.15. The van der Waals surface area contributed by atoms with E-state index in [-0.39, 0.29) is 17.6 Å². The van der Waals surface area contributed by atoms with Crippen molar-refractivity contribution in [2.24, 2.45) is 5.92 Å². The second-order valence-electron chi connectivity index (χ2n) is 7.87. The van der Waals surface area contributed by atoms with E-state index in [0.717, 1.165) is 44.1 Å². The van der Waals surface area contributed by atoms with Crippen molar-refractivity contribution >= 4 is 21.6 Å². The van der Waals surface area contributed by atoms with Gasteiger partial charge in [-0.3, -0.25) is 9.69 Å². The Morgan fingerprint density at radius 1 is 1.10 bits per heavy atom. The van der Waals surface area contributed by atoms with Crippen molar-refractivity contribution in [2.45, 2.75) is 26.3 Å². The first-order valence-electron chi connectivity index (χ1n) is 10.4. The van der Waals surface area contributed by atoms with Crippen molar-refractivity contribution in [3.63, 3.8) is 0 Å². The third-order valence-corrected chi connectivity index (χ3v) is 7.93. The molecule has 1 amide bonds. The van der Waals surface area contributed by atoms with E-state index < -0.39 is 10.0 Å². The normalized spacial score (nSPS) is 20.4. The summed E-state index contributed by atoms with van der Waals surface area (Å²) in [6.45, 7) is 6.49. The number of aromatic nitrogens is 2. The van der Waals surface area contributed by atoms with Gasteiger partial charge in [-0.05, 0) is 31.9 Å². The number of piperazine rings is 1. The van der Waals surface area contributed by atoms with Crippen LogP contribution < -0.4 is 0 Å². The maximum Gasteiger partial charge on any atom is 0.225 e. The molecule has 2 aromatic rings. The molecule has 4 rings (SSSR count). The van der Waals surface area contributed by atoms with E-state index in [2.05, 4.69) is 16.1 Å². The topological polar surface area (TPSA) is 78.2 Å². The summed E-state index contributed by atoms with van der Waals surface area (Å²) in [5.41, 5.74) is 1.99. The SMILES string of the molecule is CCS(=O)(=O)N1CCC(C(=O)N2CCN(Cc3cn4ccccc4n3)CC2)CC1. The van der Waals surface area contributed by atoms with E-state index in [1.54, 1.807) is 6.92 Å². The number of hydrogen-bond donors (Lipinski definition) is 0. The Hall–Kier alpha value is -1.97. The van der Waals surface area contributed by atoms with Gasteiger partial charge in [0.2, 0.25) is 15.9 Å². The second-order valence-corrected chi connectivity index (χ2v) is 10.1. The summed E-state index contributed by atoms with van der Waals surface area (Å²) in [5, 5.41) is 0. The molecule has 0 bridgehead atoms. The number of fused-ring (bicyclic) bond motifs is 1. The van der Waals surface area contributed by atoms with Gasteiger partial charge in [0.25, 0.3) is 0 Å². The number of sulfonamides is 1. The average molecular weight is 420 g/mol. The molecule has 0 spiro atoms. The Kier molecular flexibility index (Phi) is 5.89. The van der Waals surface area contributed by atoms with Gasteiger partial charge in [0, 0.05) is 64.1 Å². The molecule has 29 heavy (non-hydrogen) atoms. The monoisotopic (exact) mass is 419 g/mol. The van der Waals surface area contributed by atoms with Gasteiger partial charge in [0.1, 0.15) is 5.65 Å². The maximum atomic E-state index is 12.9. The number of rotatable bonds is 5. The average Bonchev–Trinajstić information content (AvgIpc) is 3.16. The highest BCUT2D eigenvalue weighted by Crippen LogP contribution is 2.23. The van der Waals surface area contributed by atoms with Crippen LogP contribution in [0.5, 0.6) is 0 Å². The van der Waals surface area contributed by atoms with Crippen LogP contribution in [-0.4, -0.2) is 82.8 Å². The number of carbonyl (C=O) groups excluding carboxylic acids is 1. The van der Waals surface area contributed by atoms with Gasteiger partial charge in [-0.2, -0.15) is 0 Å². The number of piperidine rings is 1. The molecular weight excluding hydrogens is 390 g/mol. The van der Waals surface area contributed by atoms with Crippen molar-refractivity contribution in [2.75, 3.05) is 45.0 Å². The molecule has 0 aliphatic carbocycles. The highest BCUT2D eigenvalue weighted by Gasteiger charge is 2.33. The molecule has 0 unspecified atom stereocenters. The molecule has 2 aromatic heterocycles. The number of amides is 1. The molecule has 0 saturated carbocycles. The minimum absolute atomic E-state index is 0.0525. The third-order valence-electron chi connectivity index (χ3n) is 6.04. The van der Waals surface area contributed by atoms with Gasteiger partial charge >= 0.3 is 0 Å². The van der Waals surface area contributed by atoms with Crippen LogP contribution in [0, 0.1) is 5.92 Å². The zero-order chi connectivity index (χ0) is 20.4. The fraction of sp³-hybridized carbons (Fsp3) is 0.600. The van der Waals surface area contributed by atoms with Crippen LogP contribution >= 0.6 is 0 Å². The molecule has 2 aliphatic heterocycles. The van der Waals surface area contributed by atoms with Gasteiger partial charge < -0.3 is 9.30 Å². The summed E-state index contributed by atoms with van der Waals surface area (Å²) in [6.07, 6.45) is 5.31. The lowest BCUT2D eigenvalue weighted by atomic mass is 9.96. The number of carbonyl (C=O) groups is 1. The van der Waals surface area contributed by atoms with E-state index in [1.807, 2.05) is 33.7 Å². The highest BCUT2D eigenvalue weighted by molar-refractivity contribution is 7.89. The predicted molar refractivity (Wildman–Crippen MR) is 111 cm³/mol. The van der Waals surface area contributed by atoms with Crippen LogP contribution in [0.2, 0.25) is 0 Å². The first-order chi connectivity index (χ1) is 14.0. The van der Waals surface area contributed by atoms with Crippen molar-refractivity contribution < 1.29 is 13.2 Å². The van der Waals surface area contributed by atoms with Crippen LogP contribution in [0.4, 0.5) is 0 Å². The molecule has 9 heteroatoms. The molecular formula is C20H29N5O3S. The molecule has 0 atom stereocenters. The van der Waals surface area contributed by atoms with Crippen LogP contribution in [0.3, 0.4) is 0 Å². The lowest BCUT2D eigenvalue weighted by molar-refractivity contribution is -0.138. The van der Waals surface area contributed by atoms with Gasteiger partial charge in [0.05, 0.1) is 11.4 Å². The van der Waals surface area contributed by atoms with E-state index in [0.29, 0.717) is 25.9 Å². The zero-order valence-electron chi connectivity index (χ0n) is 16.9. The lowest BCUT2D eigenvalue weighted by Crippen LogP contribution is -2.51. The van der Waals surface area contributed by atoms with Gasteiger partial charge in [-0.15, -0.1) is 0 Å². The molecule has 2 fully saturated rings. The molecule has 0 N–H and O–H groups in total. The standard InChI is InChI=1S/C20H29N5O3S/c1-2-29(27,28)25-9-6-17(7-10-25)20(26)23-13-11-22(12-14-23)15-18-16-24-8-4-3-5-19(24)21-18/h3-5,8,16-17H,2,6-7,9-15H2,1H3. The number of hydrogen-bond acceptors (Lipinski definition) is 5. The molecule has 8 nitrogen and oxygen atoms in total. The predicted octanol–water partition coefficient (Wildman–Crippen LogP) is 1.04. The summed E-state index contributed by atoms with van der Waals surface area (Å²) < 4.78 is 27.5. The minimum atomic E-state index is -3.15. The molecule has 2 aliphatic rings. The Bertz CT molecular complexity index is 924. The summed E-state index contributed by atoms with van der Waals surface area (Å²) >= 11 is 0. The summed E-state index contributed by atoms with van der Waals surface area (Å²) in [5.74, 6) is 0.258. The fourth-order valence-electron chi connectivity index (χ4n) is 4.24. The summed E-state index contributed by atoms with van der Waals surface area (Å²) in [6, 6.07) is 5.97. The molecule has 0 aromatic carbocycles. The van der Waals surface area contributed by atoms with Gasteiger partial charge in [-0.1, -0.05) is 6.07 Å². The Morgan fingerprint density at radius 3 is 2.48 bits per heavy atom. The molecule has 2 saturated heterocycles. The number of imidazole rings is 1. The molecule has 4 heterocycles. The minimum Gasteiger partial charge on any atom is -0.340 e. The van der Waals surface area contributed by atoms with Crippen molar-refractivity contribution in [1.29, 1.82) is 0 Å². The van der Waals surface area contributed by atoms with Crippen molar-refractivity contribution in [3.8, 4) is 0 Å². The van der Waals surface area contributed by atoms with Crippen molar-refractivity contribution in [1.82, 2.24) is 23.5 Å². The molecule has 0 radical (unpaired) electrons. The Morgan fingerprint density at radius 2 is 1.83 bits per heavy atom. The Balaban J connectivity index is 1.26. The Labute approximate surface area is 172 Å². The van der Waals surface area contributed by atoms with E-state index in [1.165, 1.54) is 4.31 Å². The first-order valence-corrected chi connectivity index (χ1v) is 12.0. The second kappa shape index (κ2) is 8.41. The quantitative estimate of drug-likeness (QED) is 0.724. The zero-order valence-corrected chi connectivity index (χ0v) is 17.7. The third kappa shape index (κ3) is 4.46. The van der Waals surface area contributed by atoms with Crippen LogP contribution in [-0.2, 0) is 21.4 Å². The van der Waals surface area contributed by atoms with Crippen LogP contribution in [0.15, 0.2) is 30.6 Å². The first kappa shape index (κ1) is 20.3. The number of nitrogens with zero attached hydrogens (tertiary/aromatic N) is 5. The molecule has 158 valence electrons. The van der Waals surface area contributed by atoms with E-state index in [9.17, 15) is 13.2 Å². The lowest BCUT2D eigenvalue weighted by Gasteiger charge is -2.38. The van der Waals surface area contributed by atoms with Gasteiger partial charge in [0.15, 0.2) is 0 Å². The van der Waals surface area contributed by atoms with E-state index >= 15 is 0 Å². The van der Waals surface area contributed by atoms with Gasteiger partial charge in [-0.25, -0.2) is 17.7 Å². The number of pyridine rings is 1. The largest absolute Gasteiger partial charge is 0.340 e.